The maximum Gasteiger partial charge on any atom is 0.337 e. The maximum absolute atomic E-state index is 12.4. The summed E-state index contributed by atoms with van der Waals surface area (Å²) in [4.78, 5) is 38.1. The number of nitrogens with one attached hydrogen (secondary N) is 2. The van der Waals surface area contributed by atoms with E-state index in [0.29, 0.717) is 5.39 Å². The molecule has 120 valence electrons. The Morgan fingerprint density at radius 2 is 1.75 bits per heavy atom. The zero-order valence-corrected chi connectivity index (χ0v) is 12.2. The number of pyridine rings is 1. The number of phenols is 1. The summed E-state index contributed by atoms with van der Waals surface area (Å²) in [5, 5.41) is 21.8. The number of aromatic amines is 1. The fourth-order valence-electron chi connectivity index (χ4n) is 2.35. The van der Waals surface area contributed by atoms with Crippen LogP contribution in [0.15, 0.2) is 53.3 Å². The summed E-state index contributed by atoms with van der Waals surface area (Å²) >= 11 is 0. The first-order valence-electron chi connectivity index (χ1n) is 6.96. The van der Waals surface area contributed by atoms with Crippen LogP contribution in [0.25, 0.3) is 10.9 Å². The molecule has 1 aromatic heterocycles. The number of carbonyl (C=O) groups is 2. The van der Waals surface area contributed by atoms with Gasteiger partial charge in [-0.1, -0.05) is 24.3 Å². The molecule has 7 heteroatoms. The van der Waals surface area contributed by atoms with Gasteiger partial charge in [-0.2, -0.15) is 0 Å². The van der Waals surface area contributed by atoms with Crippen LogP contribution in [-0.2, 0) is 0 Å². The van der Waals surface area contributed by atoms with Crippen LogP contribution in [0, 0.1) is 0 Å². The van der Waals surface area contributed by atoms with Gasteiger partial charge >= 0.3 is 5.97 Å². The Bertz CT molecular complexity index is 1020. The topological polar surface area (TPSA) is 119 Å². The van der Waals surface area contributed by atoms with Crippen LogP contribution in [0.1, 0.15) is 20.7 Å². The molecule has 1 heterocycles. The van der Waals surface area contributed by atoms with Crippen molar-refractivity contribution in [1.29, 1.82) is 0 Å². The summed E-state index contributed by atoms with van der Waals surface area (Å²) in [6, 6.07) is 11.9. The lowest BCUT2D eigenvalue weighted by molar-refractivity contribution is 0.0698. The van der Waals surface area contributed by atoms with Gasteiger partial charge in [-0.15, -0.1) is 0 Å². The second kappa shape index (κ2) is 5.88. The number of hydrogen-bond acceptors (Lipinski definition) is 4. The number of H-pyrrole nitrogens is 1. The molecule has 0 aliphatic heterocycles. The van der Waals surface area contributed by atoms with Gasteiger partial charge in [-0.05, 0) is 24.3 Å². The summed E-state index contributed by atoms with van der Waals surface area (Å²) in [5.74, 6) is -2.04. The molecule has 0 saturated carbocycles. The van der Waals surface area contributed by atoms with Crippen molar-refractivity contribution in [1.82, 2.24) is 4.98 Å². The van der Waals surface area contributed by atoms with E-state index in [1.807, 2.05) is 0 Å². The number of aromatic hydroxyl groups is 1. The van der Waals surface area contributed by atoms with E-state index in [1.165, 1.54) is 30.3 Å². The highest BCUT2D eigenvalue weighted by molar-refractivity contribution is 6.08. The molecular weight excluding hydrogens is 312 g/mol. The van der Waals surface area contributed by atoms with E-state index in [0.717, 1.165) is 0 Å². The summed E-state index contributed by atoms with van der Waals surface area (Å²) < 4.78 is 0. The summed E-state index contributed by atoms with van der Waals surface area (Å²) in [7, 11) is 0. The van der Waals surface area contributed by atoms with Crippen molar-refractivity contribution >= 4 is 28.5 Å². The number of phenolic OH excluding ortho intramolecular Hbond substituents is 1. The van der Waals surface area contributed by atoms with Gasteiger partial charge in [0.2, 0.25) is 0 Å². The molecule has 2 aromatic carbocycles. The van der Waals surface area contributed by atoms with E-state index < -0.39 is 17.4 Å². The van der Waals surface area contributed by atoms with Gasteiger partial charge in [0.25, 0.3) is 11.5 Å². The maximum atomic E-state index is 12.4. The number of aromatic nitrogens is 1. The van der Waals surface area contributed by atoms with Crippen LogP contribution in [-0.4, -0.2) is 27.1 Å². The van der Waals surface area contributed by atoms with Crippen molar-refractivity contribution in [3.8, 4) is 5.75 Å². The Kier molecular flexibility index (Phi) is 3.75. The molecule has 4 N–H and O–H groups in total. The van der Waals surface area contributed by atoms with Crippen molar-refractivity contribution in [2.24, 2.45) is 0 Å². The third-order valence-electron chi connectivity index (χ3n) is 3.51. The van der Waals surface area contributed by atoms with Gasteiger partial charge in [-0.3, -0.25) is 9.59 Å². The molecule has 3 aromatic rings. The Labute approximate surface area is 135 Å². The zero-order valence-electron chi connectivity index (χ0n) is 12.2. The molecule has 0 saturated heterocycles. The fourth-order valence-corrected chi connectivity index (χ4v) is 2.35. The van der Waals surface area contributed by atoms with Gasteiger partial charge in [0.1, 0.15) is 11.3 Å². The molecule has 0 bridgehead atoms. The normalized spacial score (nSPS) is 10.5. The molecule has 0 fully saturated rings. The first kappa shape index (κ1) is 15.3. The fraction of sp³-hybridized carbons (Fsp3) is 0. The molecule has 0 atom stereocenters. The van der Waals surface area contributed by atoms with E-state index in [9.17, 15) is 19.5 Å². The first-order valence-corrected chi connectivity index (χ1v) is 6.96. The molecule has 1 amide bonds. The Hall–Kier alpha value is -3.61. The van der Waals surface area contributed by atoms with Gasteiger partial charge in [0, 0.05) is 5.39 Å². The van der Waals surface area contributed by atoms with Crippen LogP contribution >= 0.6 is 0 Å². The lowest BCUT2D eigenvalue weighted by Crippen LogP contribution is -2.23. The minimum atomic E-state index is -1.19. The van der Waals surface area contributed by atoms with Crippen LogP contribution in [0.2, 0.25) is 0 Å². The molecule has 24 heavy (non-hydrogen) atoms. The zero-order chi connectivity index (χ0) is 17.3. The number of anilines is 1. The number of rotatable bonds is 3. The number of carboxylic acids is 1. The highest BCUT2D eigenvalue weighted by Crippen LogP contribution is 2.22. The third kappa shape index (κ3) is 2.70. The Balaban J connectivity index is 2.02. The quantitative estimate of drug-likeness (QED) is 0.588. The molecule has 0 radical (unpaired) electrons. The summed E-state index contributed by atoms with van der Waals surface area (Å²) in [5.41, 5.74) is -0.640. The minimum Gasteiger partial charge on any atom is -0.506 e. The smallest absolute Gasteiger partial charge is 0.337 e. The number of carbonyl (C=O) groups excluding carboxylic acids is 1. The van der Waals surface area contributed by atoms with Gasteiger partial charge in [-0.25, -0.2) is 4.79 Å². The standard InChI is InChI=1S/C17H12N2O5/c20-13-7-3-4-9-8-11(16(22)19-14(9)13)15(21)18-12-6-2-1-5-10(12)17(23)24/h1-8,20H,(H,18,21)(H,19,22)(H,23,24). The van der Waals surface area contributed by atoms with E-state index in [4.69, 9.17) is 5.11 Å². The average Bonchev–Trinajstić information content (AvgIpc) is 2.55. The average molecular weight is 324 g/mol. The van der Waals surface area contributed by atoms with Gasteiger partial charge in [0.05, 0.1) is 16.8 Å². The van der Waals surface area contributed by atoms with Gasteiger partial charge in [0.15, 0.2) is 0 Å². The third-order valence-corrected chi connectivity index (χ3v) is 3.51. The second-order valence-electron chi connectivity index (χ2n) is 5.06. The molecule has 7 nitrogen and oxygen atoms in total. The SMILES string of the molecule is O=C(O)c1ccccc1NC(=O)c1cc2cccc(O)c2[nH]c1=O. The molecule has 3 rings (SSSR count). The Morgan fingerprint density at radius 3 is 2.50 bits per heavy atom. The van der Waals surface area contributed by atoms with Crippen molar-refractivity contribution in [3.63, 3.8) is 0 Å². The number of hydrogen-bond donors (Lipinski definition) is 4. The number of benzene rings is 2. The van der Waals surface area contributed by atoms with E-state index in [2.05, 4.69) is 10.3 Å². The van der Waals surface area contributed by atoms with E-state index in [1.54, 1.807) is 18.2 Å². The largest absolute Gasteiger partial charge is 0.506 e. The number of carboxylic acid groups (broad SMARTS) is 1. The molecule has 0 unspecified atom stereocenters. The first-order chi connectivity index (χ1) is 11.5. The van der Waals surface area contributed by atoms with Crippen molar-refractivity contribution < 1.29 is 19.8 Å². The Morgan fingerprint density at radius 1 is 1.00 bits per heavy atom. The van der Waals surface area contributed by atoms with Crippen LogP contribution in [0.5, 0.6) is 5.75 Å². The highest BCUT2D eigenvalue weighted by Gasteiger charge is 2.16. The lowest BCUT2D eigenvalue weighted by Gasteiger charge is -2.09. The number of amides is 1. The van der Waals surface area contributed by atoms with Crippen molar-refractivity contribution in [2.45, 2.75) is 0 Å². The minimum absolute atomic E-state index is 0.0827. The molecule has 0 aliphatic rings. The van der Waals surface area contributed by atoms with Crippen LogP contribution in [0.3, 0.4) is 0 Å². The van der Waals surface area contributed by atoms with Crippen LogP contribution in [0.4, 0.5) is 5.69 Å². The van der Waals surface area contributed by atoms with E-state index >= 15 is 0 Å². The van der Waals surface area contributed by atoms with Crippen LogP contribution < -0.4 is 10.9 Å². The summed E-state index contributed by atoms with van der Waals surface area (Å²) in [6.07, 6.45) is 0. The molecule has 0 aliphatic carbocycles. The molecule has 0 spiro atoms. The number of para-hydroxylation sites is 2. The van der Waals surface area contributed by atoms with Crippen molar-refractivity contribution in [2.75, 3.05) is 5.32 Å². The number of fused-ring (bicyclic) bond motifs is 1. The summed E-state index contributed by atoms with van der Waals surface area (Å²) in [6.45, 7) is 0. The van der Waals surface area contributed by atoms with Gasteiger partial charge < -0.3 is 20.5 Å². The lowest BCUT2D eigenvalue weighted by atomic mass is 10.1. The highest BCUT2D eigenvalue weighted by atomic mass is 16.4. The van der Waals surface area contributed by atoms with Crippen molar-refractivity contribution in [3.05, 3.63) is 70.0 Å². The predicted octanol–water partition coefficient (Wildman–Crippen LogP) is 2.18. The monoisotopic (exact) mass is 324 g/mol. The number of aromatic carboxylic acids is 1. The predicted molar refractivity (Wildman–Crippen MR) is 87.6 cm³/mol. The second-order valence-corrected chi connectivity index (χ2v) is 5.06. The molecular formula is C17H12N2O5. The van der Waals surface area contributed by atoms with E-state index in [-0.39, 0.29) is 28.1 Å².